The van der Waals surface area contributed by atoms with E-state index in [4.69, 9.17) is 14.2 Å². The van der Waals surface area contributed by atoms with Gasteiger partial charge in [0.15, 0.2) is 6.10 Å². The smallest absolute Gasteiger partial charge is 0.306 e. The van der Waals surface area contributed by atoms with E-state index in [1.165, 1.54) is 148 Å². The van der Waals surface area contributed by atoms with Gasteiger partial charge in [-0.2, -0.15) is 0 Å². The molecule has 0 aromatic rings. The molecule has 0 aliphatic rings. The molecule has 0 spiro atoms. The Morgan fingerprint density at radius 1 is 0.263 bits per heavy atom. The first kappa shape index (κ1) is 75.8. The van der Waals surface area contributed by atoms with Gasteiger partial charge in [0.2, 0.25) is 0 Å². The third kappa shape index (κ3) is 64.6. The Morgan fingerprint density at radius 2 is 0.487 bits per heavy atom. The minimum Gasteiger partial charge on any atom is -0.462 e. The van der Waals surface area contributed by atoms with Crippen LogP contribution in [-0.2, 0) is 28.6 Å². The Morgan fingerprint density at radius 3 is 0.787 bits per heavy atom. The Hall–Kier alpha value is -4.19. The summed E-state index contributed by atoms with van der Waals surface area (Å²) in [6, 6.07) is 0. The molecular weight excluding hydrogens is 985 g/mol. The molecule has 0 bridgehead atoms. The van der Waals surface area contributed by atoms with Gasteiger partial charge < -0.3 is 14.2 Å². The fourth-order valence-electron chi connectivity index (χ4n) is 9.26. The molecule has 6 heteroatoms. The van der Waals surface area contributed by atoms with Gasteiger partial charge in [-0.3, -0.25) is 14.4 Å². The average Bonchev–Trinajstić information content (AvgIpc) is 3.46. The minimum absolute atomic E-state index is 0.0940. The van der Waals surface area contributed by atoms with Crippen LogP contribution in [0.1, 0.15) is 310 Å². The molecule has 0 saturated heterocycles. The van der Waals surface area contributed by atoms with Crippen LogP contribution in [0.15, 0.2) is 122 Å². The molecule has 0 rings (SSSR count). The van der Waals surface area contributed by atoms with E-state index >= 15 is 0 Å². The number of ether oxygens (including phenoxy) is 3. The van der Waals surface area contributed by atoms with Gasteiger partial charge in [0.05, 0.1) is 0 Å². The van der Waals surface area contributed by atoms with Crippen molar-refractivity contribution in [2.24, 2.45) is 0 Å². The zero-order chi connectivity index (χ0) is 57.8. The molecule has 1 unspecified atom stereocenters. The highest BCUT2D eigenvalue weighted by atomic mass is 16.6. The molecule has 0 aromatic heterocycles. The SMILES string of the molecule is CC/C=C\C/C=C\C/C=C\C/C=C\C/C=C\C/C=C\CCCCC(=O)OC(COC(=O)CCCCCCCCCCCCCC)COC(=O)CCCCCCCCCCCCCCCCCC/C=C\C/C=C\C/C=C\C/C=C\CC. The molecule has 0 fully saturated rings. The zero-order valence-electron chi connectivity index (χ0n) is 52.3. The topological polar surface area (TPSA) is 78.9 Å². The summed E-state index contributed by atoms with van der Waals surface area (Å²) in [5, 5.41) is 0. The van der Waals surface area contributed by atoms with Gasteiger partial charge in [-0.15, -0.1) is 0 Å². The van der Waals surface area contributed by atoms with E-state index < -0.39 is 6.10 Å². The lowest BCUT2D eigenvalue weighted by Crippen LogP contribution is -2.30. The molecule has 0 heterocycles. The predicted molar refractivity (Wildman–Crippen MR) is 348 cm³/mol. The Kier molecular flexibility index (Phi) is 63.8. The van der Waals surface area contributed by atoms with Gasteiger partial charge in [-0.05, 0) is 109 Å². The number of carbonyl (C=O) groups excluding carboxylic acids is 3. The van der Waals surface area contributed by atoms with Crippen molar-refractivity contribution < 1.29 is 28.6 Å². The van der Waals surface area contributed by atoms with Gasteiger partial charge in [0, 0.05) is 19.3 Å². The normalized spacial score (nSPS) is 12.9. The molecule has 80 heavy (non-hydrogen) atoms. The van der Waals surface area contributed by atoms with Crippen LogP contribution in [0.3, 0.4) is 0 Å². The standard InChI is InChI=1S/C74H124O6/c1-4-7-10-13-16-19-22-25-27-29-31-33-34-35-36-37-38-39-40-42-43-45-47-49-52-55-58-61-64-67-73(76)79-70-71(69-78-72(75)66-63-60-57-54-51-24-21-18-15-12-9-6-3)80-74(77)68-65-62-59-56-53-50-48-46-44-41-32-30-28-26-23-20-17-14-11-8-5-2/h7-8,10-11,16-17,19-20,25-28,31-33,41,46,48,53,56,71H,4-6,9,12-15,18,21-24,29-30,34-40,42-45,47,49-52,54-55,57-70H2,1-3H3/b10-7-,11-8-,19-16-,20-17-,27-25-,28-26-,33-31-,41-32-,48-46-,56-53-. The number of rotatable bonds is 60. The van der Waals surface area contributed by atoms with Crippen LogP contribution in [0.25, 0.3) is 0 Å². The van der Waals surface area contributed by atoms with Crippen LogP contribution in [-0.4, -0.2) is 37.2 Å². The first-order valence-electron chi connectivity index (χ1n) is 33.5. The molecule has 1 atom stereocenters. The lowest BCUT2D eigenvalue weighted by Gasteiger charge is -2.18. The van der Waals surface area contributed by atoms with E-state index in [0.29, 0.717) is 19.3 Å². The molecule has 0 N–H and O–H groups in total. The first-order chi connectivity index (χ1) is 39.5. The Balaban J connectivity index is 4.30. The quantitative estimate of drug-likeness (QED) is 0.0261. The number of hydrogen-bond donors (Lipinski definition) is 0. The van der Waals surface area contributed by atoms with Crippen LogP contribution in [0.5, 0.6) is 0 Å². The molecule has 6 nitrogen and oxygen atoms in total. The second kappa shape index (κ2) is 67.3. The molecule has 0 saturated carbocycles. The van der Waals surface area contributed by atoms with Crippen LogP contribution in [0, 0.1) is 0 Å². The van der Waals surface area contributed by atoms with Crippen molar-refractivity contribution in [2.45, 2.75) is 316 Å². The minimum atomic E-state index is -0.802. The summed E-state index contributed by atoms with van der Waals surface area (Å²) in [6.07, 6.45) is 93.6. The maximum absolute atomic E-state index is 12.9. The molecule has 0 aliphatic carbocycles. The Bertz CT molecular complexity index is 1650. The second-order valence-electron chi connectivity index (χ2n) is 22.0. The van der Waals surface area contributed by atoms with Gasteiger partial charge in [-0.1, -0.05) is 303 Å². The summed E-state index contributed by atoms with van der Waals surface area (Å²) in [4.78, 5) is 38.3. The summed E-state index contributed by atoms with van der Waals surface area (Å²) >= 11 is 0. The van der Waals surface area contributed by atoms with Crippen molar-refractivity contribution in [3.05, 3.63) is 122 Å². The number of unbranched alkanes of at least 4 members (excludes halogenated alkanes) is 29. The number of hydrogen-bond acceptors (Lipinski definition) is 6. The predicted octanol–water partition coefficient (Wildman–Crippen LogP) is 23.2. The lowest BCUT2D eigenvalue weighted by atomic mass is 10.0. The fraction of sp³-hybridized carbons (Fsp3) is 0.689. The van der Waals surface area contributed by atoms with Crippen molar-refractivity contribution in [1.82, 2.24) is 0 Å². The molecular formula is C74H124O6. The van der Waals surface area contributed by atoms with E-state index in [9.17, 15) is 14.4 Å². The van der Waals surface area contributed by atoms with Crippen molar-refractivity contribution >= 4 is 17.9 Å². The van der Waals surface area contributed by atoms with Gasteiger partial charge in [0.1, 0.15) is 13.2 Å². The van der Waals surface area contributed by atoms with Crippen LogP contribution in [0.4, 0.5) is 0 Å². The summed E-state index contributed by atoms with van der Waals surface area (Å²) in [7, 11) is 0. The van der Waals surface area contributed by atoms with E-state index in [0.717, 1.165) is 116 Å². The van der Waals surface area contributed by atoms with E-state index in [1.807, 2.05) is 0 Å². The maximum Gasteiger partial charge on any atom is 0.306 e. The highest BCUT2D eigenvalue weighted by molar-refractivity contribution is 5.71. The van der Waals surface area contributed by atoms with Gasteiger partial charge in [0.25, 0.3) is 0 Å². The summed E-state index contributed by atoms with van der Waals surface area (Å²) in [5.74, 6) is -0.929. The van der Waals surface area contributed by atoms with Crippen LogP contribution >= 0.6 is 0 Å². The number of carbonyl (C=O) groups is 3. The van der Waals surface area contributed by atoms with E-state index in [1.54, 1.807) is 0 Å². The monoisotopic (exact) mass is 1110 g/mol. The van der Waals surface area contributed by atoms with E-state index in [-0.39, 0.29) is 37.5 Å². The summed E-state index contributed by atoms with van der Waals surface area (Å²) in [5.41, 5.74) is 0. The molecule has 0 radical (unpaired) electrons. The second-order valence-corrected chi connectivity index (χ2v) is 22.0. The van der Waals surface area contributed by atoms with Crippen molar-refractivity contribution in [2.75, 3.05) is 13.2 Å². The third-order valence-electron chi connectivity index (χ3n) is 14.2. The molecule has 0 aliphatic heterocycles. The van der Waals surface area contributed by atoms with Crippen molar-refractivity contribution in [3.8, 4) is 0 Å². The van der Waals surface area contributed by atoms with Gasteiger partial charge in [-0.25, -0.2) is 0 Å². The van der Waals surface area contributed by atoms with E-state index in [2.05, 4.69) is 142 Å². The summed E-state index contributed by atoms with van der Waals surface area (Å²) < 4.78 is 16.9. The summed E-state index contributed by atoms with van der Waals surface area (Å²) in [6.45, 7) is 6.40. The average molecular weight is 1110 g/mol. The Labute approximate surface area is 494 Å². The molecule has 456 valence electrons. The fourth-order valence-corrected chi connectivity index (χ4v) is 9.26. The van der Waals surface area contributed by atoms with Gasteiger partial charge >= 0.3 is 17.9 Å². The highest BCUT2D eigenvalue weighted by Gasteiger charge is 2.19. The number of allylic oxidation sites excluding steroid dienone is 20. The van der Waals surface area contributed by atoms with Crippen molar-refractivity contribution in [1.29, 1.82) is 0 Å². The molecule has 0 aromatic carbocycles. The first-order valence-corrected chi connectivity index (χ1v) is 33.5. The largest absolute Gasteiger partial charge is 0.462 e. The lowest BCUT2D eigenvalue weighted by molar-refractivity contribution is -0.167. The van der Waals surface area contributed by atoms with Crippen molar-refractivity contribution in [3.63, 3.8) is 0 Å². The van der Waals surface area contributed by atoms with Crippen LogP contribution < -0.4 is 0 Å². The third-order valence-corrected chi connectivity index (χ3v) is 14.2. The maximum atomic E-state index is 12.9. The van der Waals surface area contributed by atoms with Crippen LogP contribution in [0.2, 0.25) is 0 Å². The molecule has 0 amide bonds. The number of esters is 3. The highest BCUT2D eigenvalue weighted by Crippen LogP contribution is 2.17. The zero-order valence-corrected chi connectivity index (χ0v) is 52.3.